The average molecular weight is 393 g/mol. The lowest BCUT2D eigenvalue weighted by molar-refractivity contribution is 0.0934. The Morgan fingerprint density at radius 3 is 2.48 bits per heavy atom. The zero-order valence-corrected chi connectivity index (χ0v) is 14.8. The minimum absolute atomic E-state index is 0.00919. The van der Waals surface area contributed by atoms with Crippen molar-refractivity contribution in [2.45, 2.75) is 33.2 Å². The molecule has 2 rings (SSSR count). The minimum atomic E-state index is -0.00919. The molecule has 21 heavy (non-hydrogen) atoms. The summed E-state index contributed by atoms with van der Waals surface area (Å²) in [6, 6.07) is 14.1. The van der Waals surface area contributed by atoms with Gasteiger partial charge in [0.2, 0.25) is 0 Å². The molecule has 0 aliphatic rings. The molecule has 0 saturated heterocycles. The van der Waals surface area contributed by atoms with Crippen molar-refractivity contribution in [3.63, 3.8) is 0 Å². The number of hydrogen-bond acceptors (Lipinski definition) is 1. The summed E-state index contributed by atoms with van der Waals surface area (Å²) in [7, 11) is 0. The predicted molar refractivity (Wildman–Crippen MR) is 95.6 cm³/mol. The molecule has 2 aromatic carbocycles. The molecule has 1 N–H and O–H groups in total. The van der Waals surface area contributed by atoms with Crippen LogP contribution in [-0.2, 0) is 0 Å². The van der Waals surface area contributed by atoms with Gasteiger partial charge in [-0.25, -0.2) is 0 Å². The molecule has 0 aliphatic heterocycles. The molecule has 0 heterocycles. The number of nitrogens with one attached hydrogen (secondary N) is 1. The number of amides is 1. The van der Waals surface area contributed by atoms with E-state index in [4.69, 9.17) is 0 Å². The topological polar surface area (TPSA) is 29.1 Å². The normalized spacial score (nSPS) is 12.0. The summed E-state index contributed by atoms with van der Waals surface area (Å²) in [5.41, 5.74) is 4.44. The number of aryl methyl sites for hydroxylation is 2. The third-order valence-corrected chi connectivity index (χ3v) is 4.71. The van der Waals surface area contributed by atoms with Gasteiger partial charge in [0.1, 0.15) is 0 Å². The van der Waals surface area contributed by atoms with Gasteiger partial charge in [0.25, 0.3) is 5.91 Å². The van der Waals surface area contributed by atoms with Crippen LogP contribution in [0.3, 0.4) is 0 Å². The van der Waals surface area contributed by atoms with Crippen LogP contribution in [0.15, 0.2) is 42.5 Å². The van der Waals surface area contributed by atoms with E-state index in [9.17, 15) is 4.79 Å². The monoisotopic (exact) mass is 393 g/mol. The molecule has 3 heteroatoms. The lowest BCUT2D eigenvalue weighted by Gasteiger charge is -2.19. The maximum Gasteiger partial charge on any atom is 0.252 e. The van der Waals surface area contributed by atoms with Gasteiger partial charge in [0, 0.05) is 3.57 Å². The third kappa shape index (κ3) is 3.84. The Hall–Kier alpha value is -1.36. The van der Waals surface area contributed by atoms with Crippen molar-refractivity contribution in [1.82, 2.24) is 5.32 Å². The molecular formula is C18H20INO. The highest BCUT2D eigenvalue weighted by Gasteiger charge is 2.16. The van der Waals surface area contributed by atoms with E-state index in [0.717, 1.165) is 15.6 Å². The van der Waals surface area contributed by atoms with Gasteiger partial charge in [-0.05, 0) is 71.7 Å². The fourth-order valence-electron chi connectivity index (χ4n) is 2.28. The summed E-state index contributed by atoms with van der Waals surface area (Å²) < 4.78 is 0.975. The Balaban J connectivity index is 2.21. The van der Waals surface area contributed by atoms with Crippen molar-refractivity contribution in [3.05, 3.63) is 68.3 Å². The van der Waals surface area contributed by atoms with Crippen molar-refractivity contribution in [2.24, 2.45) is 0 Å². The van der Waals surface area contributed by atoms with Gasteiger partial charge in [-0.1, -0.05) is 37.3 Å². The zero-order valence-electron chi connectivity index (χ0n) is 12.6. The van der Waals surface area contributed by atoms with E-state index in [1.54, 1.807) is 0 Å². The van der Waals surface area contributed by atoms with Crippen LogP contribution in [0.2, 0.25) is 0 Å². The number of benzene rings is 2. The smallest absolute Gasteiger partial charge is 0.252 e. The average Bonchev–Trinajstić information content (AvgIpc) is 2.48. The Labute approximate surface area is 140 Å². The summed E-state index contributed by atoms with van der Waals surface area (Å²) in [5, 5.41) is 3.14. The van der Waals surface area contributed by atoms with Crippen molar-refractivity contribution >= 4 is 28.5 Å². The van der Waals surface area contributed by atoms with Crippen molar-refractivity contribution < 1.29 is 4.79 Å². The van der Waals surface area contributed by atoms with Crippen LogP contribution >= 0.6 is 22.6 Å². The largest absolute Gasteiger partial charge is 0.345 e. The summed E-state index contributed by atoms with van der Waals surface area (Å²) in [4.78, 5) is 12.4. The van der Waals surface area contributed by atoms with Gasteiger partial charge in [0.05, 0.1) is 11.6 Å². The predicted octanol–water partition coefficient (Wildman–Crippen LogP) is 4.79. The van der Waals surface area contributed by atoms with Crippen molar-refractivity contribution in [2.75, 3.05) is 0 Å². The van der Waals surface area contributed by atoms with E-state index in [0.29, 0.717) is 0 Å². The quantitative estimate of drug-likeness (QED) is 0.744. The molecule has 0 aromatic heterocycles. The Morgan fingerprint density at radius 1 is 1.14 bits per heavy atom. The number of halogens is 1. The summed E-state index contributed by atoms with van der Waals surface area (Å²) >= 11 is 2.20. The highest BCUT2D eigenvalue weighted by Crippen LogP contribution is 2.21. The first kappa shape index (κ1) is 16.0. The molecule has 0 spiro atoms. The first-order chi connectivity index (χ1) is 10.0. The number of carbonyl (C=O) groups is 1. The maximum atomic E-state index is 12.4. The Morgan fingerprint density at radius 2 is 1.86 bits per heavy atom. The van der Waals surface area contributed by atoms with E-state index in [2.05, 4.69) is 66.9 Å². The summed E-state index contributed by atoms with van der Waals surface area (Å²) in [6.07, 6.45) is 0.873. The van der Waals surface area contributed by atoms with Gasteiger partial charge < -0.3 is 5.32 Å². The second kappa shape index (κ2) is 7.07. The molecule has 0 aliphatic carbocycles. The van der Waals surface area contributed by atoms with Crippen LogP contribution in [-0.4, -0.2) is 5.91 Å². The van der Waals surface area contributed by atoms with Crippen LogP contribution in [0.5, 0.6) is 0 Å². The minimum Gasteiger partial charge on any atom is -0.345 e. The second-order valence-corrected chi connectivity index (χ2v) is 6.42. The van der Waals surface area contributed by atoms with Crippen LogP contribution in [0, 0.1) is 17.4 Å². The van der Waals surface area contributed by atoms with Crippen LogP contribution in [0.4, 0.5) is 0 Å². The molecule has 1 atom stereocenters. The van der Waals surface area contributed by atoms with Gasteiger partial charge in [-0.15, -0.1) is 0 Å². The lowest BCUT2D eigenvalue weighted by Crippen LogP contribution is -2.28. The summed E-state index contributed by atoms with van der Waals surface area (Å²) in [6.45, 7) is 6.30. The van der Waals surface area contributed by atoms with Crippen LogP contribution in [0.25, 0.3) is 0 Å². The van der Waals surface area contributed by atoms with E-state index in [1.165, 1.54) is 16.7 Å². The van der Waals surface area contributed by atoms with E-state index in [1.807, 2.05) is 24.3 Å². The van der Waals surface area contributed by atoms with Crippen LogP contribution < -0.4 is 5.32 Å². The zero-order chi connectivity index (χ0) is 15.4. The molecule has 0 saturated carbocycles. The van der Waals surface area contributed by atoms with E-state index < -0.39 is 0 Å². The van der Waals surface area contributed by atoms with E-state index in [-0.39, 0.29) is 11.9 Å². The van der Waals surface area contributed by atoms with Gasteiger partial charge in [0.15, 0.2) is 0 Å². The van der Waals surface area contributed by atoms with Crippen molar-refractivity contribution in [1.29, 1.82) is 0 Å². The summed E-state index contributed by atoms with van der Waals surface area (Å²) in [5.74, 6) is -0.00919. The van der Waals surface area contributed by atoms with Gasteiger partial charge >= 0.3 is 0 Å². The third-order valence-electron chi connectivity index (χ3n) is 3.77. The molecule has 2 aromatic rings. The van der Waals surface area contributed by atoms with E-state index >= 15 is 0 Å². The highest BCUT2D eigenvalue weighted by molar-refractivity contribution is 14.1. The highest BCUT2D eigenvalue weighted by atomic mass is 127. The first-order valence-electron chi connectivity index (χ1n) is 7.15. The van der Waals surface area contributed by atoms with Crippen molar-refractivity contribution in [3.8, 4) is 0 Å². The second-order valence-electron chi connectivity index (χ2n) is 5.26. The molecule has 0 radical (unpaired) electrons. The molecule has 110 valence electrons. The first-order valence-corrected chi connectivity index (χ1v) is 8.23. The molecule has 1 unspecified atom stereocenters. The number of hydrogen-bond donors (Lipinski definition) is 1. The lowest BCUT2D eigenvalue weighted by atomic mass is 9.99. The van der Waals surface area contributed by atoms with Gasteiger partial charge in [-0.3, -0.25) is 4.79 Å². The van der Waals surface area contributed by atoms with Gasteiger partial charge in [-0.2, -0.15) is 0 Å². The molecule has 1 amide bonds. The standard InChI is InChI=1S/C18H20INO/c1-4-17(14-10-9-12(2)13(3)11-14)20-18(21)15-7-5-6-8-16(15)19/h5-11,17H,4H2,1-3H3,(H,20,21). The molecule has 0 fully saturated rings. The fraction of sp³-hybridized carbons (Fsp3) is 0.278. The SMILES string of the molecule is CCC(NC(=O)c1ccccc1I)c1ccc(C)c(C)c1. The molecular weight excluding hydrogens is 373 g/mol. The number of rotatable bonds is 4. The fourth-order valence-corrected chi connectivity index (χ4v) is 2.92. The Kier molecular flexibility index (Phi) is 5.39. The Bertz CT molecular complexity index is 651. The maximum absolute atomic E-state index is 12.4. The van der Waals surface area contributed by atoms with Crippen LogP contribution in [0.1, 0.15) is 46.4 Å². The molecule has 2 nitrogen and oxygen atoms in total. The molecule has 0 bridgehead atoms. The number of carbonyl (C=O) groups excluding carboxylic acids is 1.